The van der Waals surface area contributed by atoms with Gasteiger partial charge in [0.1, 0.15) is 5.75 Å². The highest BCUT2D eigenvalue weighted by atomic mass is 79.9. The van der Waals surface area contributed by atoms with Crippen LogP contribution in [0.2, 0.25) is 0 Å². The molecule has 1 atom stereocenters. The van der Waals surface area contributed by atoms with E-state index < -0.39 is 0 Å². The second kappa shape index (κ2) is 4.98. The van der Waals surface area contributed by atoms with Gasteiger partial charge in [-0.1, -0.05) is 28.1 Å². The minimum Gasteiger partial charge on any atom is -0.506 e. The van der Waals surface area contributed by atoms with Crippen molar-refractivity contribution < 1.29 is 5.11 Å². The van der Waals surface area contributed by atoms with Crippen molar-refractivity contribution in [2.24, 2.45) is 5.11 Å². The molecule has 3 nitrogen and oxygen atoms in total. The zero-order chi connectivity index (χ0) is 12.4. The quantitative estimate of drug-likeness (QED) is 0.772. The van der Waals surface area contributed by atoms with Gasteiger partial charge in [0.25, 0.3) is 0 Å². The Morgan fingerprint density at radius 3 is 2.59 bits per heavy atom. The number of hydrogen-bond donors (Lipinski definition) is 2. The third-order valence-corrected chi connectivity index (χ3v) is 4.11. The summed E-state index contributed by atoms with van der Waals surface area (Å²) < 4.78 is 1.01. The zero-order valence-electron chi connectivity index (χ0n) is 9.14. The molecule has 1 heterocycles. The maximum absolute atomic E-state index is 10.1. The molecule has 0 bridgehead atoms. The molecule has 1 aromatic heterocycles. The molecule has 0 aliphatic carbocycles. The van der Waals surface area contributed by atoms with E-state index in [9.17, 15) is 5.11 Å². The molecule has 0 aliphatic rings. The van der Waals surface area contributed by atoms with Crippen LogP contribution in [0, 0.1) is 5.53 Å². The summed E-state index contributed by atoms with van der Waals surface area (Å²) in [6.07, 6.45) is 0. The van der Waals surface area contributed by atoms with Crippen LogP contribution in [0.1, 0.15) is 18.5 Å². The molecule has 0 radical (unpaired) electrons. The second-order valence-corrected chi connectivity index (χ2v) is 5.48. The molecule has 17 heavy (non-hydrogen) atoms. The first kappa shape index (κ1) is 12.3. The fraction of sp³-hybridized carbons (Fsp3) is 0.167. The number of halogens is 1. The molecule has 0 fully saturated rings. The van der Waals surface area contributed by atoms with E-state index in [1.54, 1.807) is 6.92 Å². The van der Waals surface area contributed by atoms with Crippen LogP contribution in [-0.2, 0) is 0 Å². The first-order chi connectivity index (χ1) is 8.13. The highest BCUT2D eigenvalue weighted by Gasteiger charge is 2.16. The predicted octanol–water partition coefficient (Wildman–Crippen LogP) is 4.98. The van der Waals surface area contributed by atoms with Crippen molar-refractivity contribution >= 4 is 27.3 Å². The van der Waals surface area contributed by atoms with Crippen LogP contribution in [-0.4, -0.2) is 5.11 Å². The van der Waals surface area contributed by atoms with E-state index in [0.717, 1.165) is 14.9 Å². The minimum atomic E-state index is -0.296. The molecule has 0 saturated carbocycles. The maximum Gasteiger partial charge on any atom is 0.139 e. The van der Waals surface area contributed by atoms with Gasteiger partial charge < -0.3 is 5.11 Å². The minimum absolute atomic E-state index is 0.237. The van der Waals surface area contributed by atoms with E-state index in [1.807, 2.05) is 29.6 Å². The van der Waals surface area contributed by atoms with Crippen molar-refractivity contribution in [2.75, 3.05) is 0 Å². The smallest absolute Gasteiger partial charge is 0.139 e. The van der Waals surface area contributed by atoms with Crippen LogP contribution in [0.3, 0.4) is 0 Å². The molecule has 2 aromatic rings. The summed E-state index contributed by atoms with van der Waals surface area (Å²) in [5.74, 6) is 0.237. The van der Waals surface area contributed by atoms with E-state index in [1.165, 1.54) is 11.3 Å². The largest absolute Gasteiger partial charge is 0.506 e. The molecule has 5 heteroatoms. The molecule has 0 aliphatic heterocycles. The van der Waals surface area contributed by atoms with Gasteiger partial charge in [-0.05, 0) is 24.6 Å². The molecule has 0 spiro atoms. The molecular weight excluding hydrogens is 300 g/mol. The summed E-state index contributed by atoms with van der Waals surface area (Å²) >= 11 is 4.85. The lowest BCUT2D eigenvalue weighted by Crippen LogP contribution is -1.85. The van der Waals surface area contributed by atoms with Crippen LogP contribution >= 0.6 is 27.3 Å². The first-order valence-corrected chi connectivity index (χ1v) is 6.73. The van der Waals surface area contributed by atoms with Gasteiger partial charge in [-0.2, -0.15) is 5.11 Å². The highest BCUT2D eigenvalue weighted by Crippen LogP contribution is 2.41. The van der Waals surface area contributed by atoms with Crippen molar-refractivity contribution in [3.63, 3.8) is 0 Å². The SMILES string of the molecule is CC(N=N)c1csc(-c2ccc(Br)cc2)c1O. The summed E-state index contributed by atoms with van der Waals surface area (Å²) in [4.78, 5) is 0.822. The van der Waals surface area contributed by atoms with Crippen LogP contribution in [0.4, 0.5) is 0 Å². The Labute approximate surface area is 112 Å². The Kier molecular flexibility index (Phi) is 3.59. The number of hydrogen-bond acceptors (Lipinski definition) is 4. The topological polar surface area (TPSA) is 56.4 Å². The monoisotopic (exact) mass is 310 g/mol. The third kappa shape index (κ3) is 2.40. The Hall–Kier alpha value is -1.20. The van der Waals surface area contributed by atoms with Gasteiger partial charge >= 0.3 is 0 Å². The van der Waals surface area contributed by atoms with Gasteiger partial charge in [-0.3, -0.25) is 0 Å². The Balaban J connectivity index is 2.43. The second-order valence-electron chi connectivity index (χ2n) is 3.68. The van der Waals surface area contributed by atoms with Gasteiger partial charge in [-0.15, -0.1) is 11.3 Å². The molecule has 2 N–H and O–H groups in total. The summed E-state index contributed by atoms with van der Waals surface area (Å²) in [5, 5.41) is 15.4. The predicted molar refractivity (Wildman–Crippen MR) is 72.7 cm³/mol. The normalized spacial score (nSPS) is 12.4. The highest BCUT2D eigenvalue weighted by molar-refractivity contribution is 9.10. The van der Waals surface area contributed by atoms with Crippen LogP contribution in [0.15, 0.2) is 39.2 Å². The number of rotatable bonds is 3. The average molecular weight is 311 g/mol. The molecule has 0 amide bonds. The van der Waals surface area contributed by atoms with Crippen molar-refractivity contribution in [3.8, 4) is 16.2 Å². The van der Waals surface area contributed by atoms with E-state index >= 15 is 0 Å². The fourth-order valence-corrected chi connectivity index (χ4v) is 2.86. The number of nitrogens with zero attached hydrogens (tertiary/aromatic N) is 1. The van der Waals surface area contributed by atoms with Crippen molar-refractivity contribution in [1.29, 1.82) is 5.53 Å². The summed E-state index contributed by atoms with van der Waals surface area (Å²) in [6.45, 7) is 1.79. The van der Waals surface area contributed by atoms with Gasteiger partial charge in [0.2, 0.25) is 0 Å². The fourth-order valence-electron chi connectivity index (χ4n) is 1.54. The van der Waals surface area contributed by atoms with E-state index in [2.05, 4.69) is 21.0 Å². The van der Waals surface area contributed by atoms with Crippen LogP contribution < -0.4 is 0 Å². The Bertz CT molecular complexity index is 536. The molecule has 0 saturated heterocycles. The summed E-state index contributed by atoms with van der Waals surface area (Å²) in [6, 6.07) is 7.47. The average Bonchev–Trinajstić information content (AvgIpc) is 2.71. The molecule has 2 rings (SSSR count). The summed E-state index contributed by atoms with van der Waals surface area (Å²) in [7, 11) is 0. The lowest BCUT2D eigenvalue weighted by Gasteiger charge is -2.03. The van der Waals surface area contributed by atoms with Gasteiger partial charge in [0, 0.05) is 15.4 Å². The Morgan fingerprint density at radius 2 is 2.00 bits per heavy atom. The maximum atomic E-state index is 10.1. The molecular formula is C12H11BrN2OS. The number of benzene rings is 1. The third-order valence-electron chi connectivity index (χ3n) is 2.54. The first-order valence-electron chi connectivity index (χ1n) is 5.06. The number of nitrogens with one attached hydrogen (secondary N) is 1. The van der Waals surface area contributed by atoms with Crippen molar-refractivity contribution in [2.45, 2.75) is 13.0 Å². The molecule has 88 valence electrons. The van der Waals surface area contributed by atoms with E-state index in [0.29, 0.717) is 5.56 Å². The number of aromatic hydroxyl groups is 1. The van der Waals surface area contributed by atoms with E-state index in [4.69, 9.17) is 5.53 Å². The van der Waals surface area contributed by atoms with Gasteiger partial charge in [0.15, 0.2) is 0 Å². The lowest BCUT2D eigenvalue weighted by atomic mass is 10.1. The van der Waals surface area contributed by atoms with Crippen molar-refractivity contribution in [1.82, 2.24) is 0 Å². The lowest BCUT2D eigenvalue weighted by molar-refractivity contribution is 0.467. The molecule has 1 unspecified atom stereocenters. The number of thiophene rings is 1. The van der Waals surface area contributed by atoms with Crippen molar-refractivity contribution in [3.05, 3.63) is 39.7 Å². The van der Waals surface area contributed by atoms with Crippen LogP contribution in [0.25, 0.3) is 10.4 Å². The van der Waals surface area contributed by atoms with Crippen LogP contribution in [0.5, 0.6) is 5.75 Å². The summed E-state index contributed by atoms with van der Waals surface area (Å²) in [5.41, 5.74) is 8.68. The molecule has 1 aromatic carbocycles. The standard InChI is InChI=1S/C12H11BrN2OS/c1-7(15-14)10-6-17-12(11(10)16)8-2-4-9(13)5-3-8/h2-7,14,16H,1H3. The van der Waals surface area contributed by atoms with E-state index in [-0.39, 0.29) is 11.8 Å². The zero-order valence-corrected chi connectivity index (χ0v) is 11.5. The van der Waals surface area contributed by atoms with Gasteiger partial charge in [0.05, 0.1) is 10.9 Å². The Morgan fingerprint density at radius 1 is 1.35 bits per heavy atom. The van der Waals surface area contributed by atoms with Gasteiger partial charge in [-0.25, -0.2) is 5.53 Å².